The smallest absolute Gasteiger partial charge is 0.239 e. The first-order chi connectivity index (χ1) is 6.15. The third-order valence-electron chi connectivity index (χ3n) is 2.30. The molecule has 0 aromatic heterocycles. The Morgan fingerprint density at radius 1 is 1.57 bits per heavy atom. The SMILES string of the molecule is CCC1NCCN(C[Si](C)C)C1=O.[Y]. The van der Waals surface area contributed by atoms with Crippen molar-refractivity contribution >= 4 is 14.7 Å². The van der Waals surface area contributed by atoms with Crippen molar-refractivity contribution in [2.45, 2.75) is 32.5 Å². The molecule has 0 aliphatic carbocycles. The monoisotopic (exact) mass is 288 g/mol. The topological polar surface area (TPSA) is 32.3 Å². The number of carbonyl (C=O) groups is 1. The van der Waals surface area contributed by atoms with Gasteiger partial charge in [-0.1, -0.05) is 20.0 Å². The number of nitrogens with zero attached hydrogens (tertiary/aromatic N) is 1. The van der Waals surface area contributed by atoms with Crippen LogP contribution in [-0.4, -0.2) is 44.9 Å². The molecular weight excluding hydrogens is 269 g/mol. The summed E-state index contributed by atoms with van der Waals surface area (Å²) in [6.45, 7) is 8.41. The molecule has 0 bridgehead atoms. The molecule has 0 aromatic rings. The Morgan fingerprint density at radius 2 is 2.21 bits per heavy atom. The maximum atomic E-state index is 11.8. The molecule has 2 radical (unpaired) electrons. The first-order valence-corrected chi connectivity index (χ1v) is 7.67. The molecular formula is C9H19N2OSiY. The molecule has 1 fully saturated rings. The zero-order valence-corrected chi connectivity index (χ0v) is 13.2. The van der Waals surface area contributed by atoms with Gasteiger partial charge < -0.3 is 10.2 Å². The summed E-state index contributed by atoms with van der Waals surface area (Å²) < 4.78 is 0. The van der Waals surface area contributed by atoms with E-state index in [4.69, 9.17) is 0 Å². The normalized spacial score (nSPS) is 22.4. The molecule has 1 atom stereocenters. The van der Waals surface area contributed by atoms with Gasteiger partial charge in [0.05, 0.1) is 14.8 Å². The number of amides is 1. The molecule has 1 aliphatic heterocycles. The van der Waals surface area contributed by atoms with Gasteiger partial charge in [-0.3, -0.25) is 4.79 Å². The van der Waals surface area contributed by atoms with Crippen LogP contribution in [0.4, 0.5) is 0 Å². The van der Waals surface area contributed by atoms with Gasteiger partial charge in [0.25, 0.3) is 0 Å². The summed E-state index contributed by atoms with van der Waals surface area (Å²) in [5.74, 6) is 0.306. The van der Waals surface area contributed by atoms with Gasteiger partial charge in [0.15, 0.2) is 0 Å². The minimum atomic E-state index is -0.320. The summed E-state index contributed by atoms with van der Waals surface area (Å²) in [4.78, 5) is 13.8. The molecule has 0 saturated carbocycles. The third kappa shape index (κ3) is 4.09. The van der Waals surface area contributed by atoms with Crippen molar-refractivity contribution in [1.82, 2.24) is 10.2 Å². The summed E-state index contributed by atoms with van der Waals surface area (Å²) in [6, 6.07) is 0.0788. The van der Waals surface area contributed by atoms with Crippen molar-refractivity contribution in [3.8, 4) is 0 Å². The Hall–Kier alpha value is 0.751. The third-order valence-corrected chi connectivity index (χ3v) is 3.31. The van der Waals surface area contributed by atoms with Crippen LogP contribution < -0.4 is 5.32 Å². The van der Waals surface area contributed by atoms with Crippen LogP contribution in [-0.2, 0) is 37.5 Å². The first-order valence-electron chi connectivity index (χ1n) is 4.96. The van der Waals surface area contributed by atoms with Gasteiger partial charge in [-0.05, 0) is 6.42 Å². The van der Waals surface area contributed by atoms with E-state index in [2.05, 4.69) is 25.3 Å². The second-order valence-corrected chi connectivity index (χ2v) is 6.61. The fraction of sp³-hybridized carbons (Fsp3) is 0.889. The number of hydrogen-bond donors (Lipinski definition) is 1. The van der Waals surface area contributed by atoms with E-state index in [0.29, 0.717) is 5.91 Å². The minimum absolute atomic E-state index is 0. The van der Waals surface area contributed by atoms with Crippen LogP contribution in [0.25, 0.3) is 0 Å². The van der Waals surface area contributed by atoms with Gasteiger partial charge in [0, 0.05) is 52.0 Å². The average molecular weight is 288 g/mol. The molecule has 0 spiro atoms. The molecule has 1 rings (SSSR count). The van der Waals surface area contributed by atoms with Crippen molar-refractivity contribution in [3.05, 3.63) is 0 Å². The summed E-state index contributed by atoms with van der Waals surface area (Å²) in [5, 5.41) is 3.24. The Kier molecular flexibility index (Phi) is 7.48. The number of piperazine rings is 1. The molecule has 0 aromatic carbocycles. The molecule has 1 aliphatic rings. The van der Waals surface area contributed by atoms with Crippen LogP contribution in [0.15, 0.2) is 0 Å². The van der Waals surface area contributed by atoms with E-state index in [1.165, 1.54) is 0 Å². The van der Waals surface area contributed by atoms with E-state index in [0.717, 1.165) is 25.7 Å². The number of hydrogen-bond acceptors (Lipinski definition) is 2. The van der Waals surface area contributed by atoms with Gasteiger partial charge in [-0.2, -0.15) is 0 Å². The van der Waals surface area contributed by atoms with Crippen molar-refractivity contribution in [2.75, 3.05) is 19.3 Å². The first kappa shape index (κ1) is 14.8. The van der Waals surface area contributed by atoms with Crippen LogP contribution in [0.5, 0.6) is 0 Å². The van der Waals surface area contributed by atoms with Crippen LogP contribution in [0.2, 0.25) is 13.1 Å². The molecule has 5 heteroatoms. The van der Waals surface area contributed by atoms with Gasteiger partial charge in [0.2, 0.25) is 5.91 Å². The van der Waals surface area contributed by atoms with Crippen LogP contribution in [0.3, 0.4) is 0 Å². The Bertz CT molecular complexity index is 190. The Balaban J connectivity index is 0.00000169. The van der Waals surface area contributed by atoms with Crippen LogP contribution in [0.1, 0.15) is 13.3 Å². The largest absolute Gasteiger partial charge is 0.343 e. The fourth-order valence-electron chi connectivity index (χ4n) is 1.65. The molecule has 3 nitrogen and oxygen atoms in total. The summed E-state index contributed by atoms with van der Waals surface area (Å²) >= 11 is 0. The molecule has 14 heavy (non-hydrogen) atoms. The molecule has 1 N–H and O–H groups in total. The second kappa shape index (κ2) is 7.10. The second-order valence-electron chi connectivity index (χ2n) is 3.88. The molecule has 78 valence electrons. The van der Waals surface area contributed by atoms with Gasteiger partial charge in [-0.25, -0.2) is 0 Å². The predicted octanol–water partition coefficient (Wildman–Crippen LogP) is 0.488. The molecule has 1 unspecified atom stereocenters. The van der Waals surface area contributed by atoms with E-state index >= 15 is 0 Å². The number of nitrogens with one attached hydrogen (secondary N) is 1. The van der Waals surface area contributed by atoms with Gasteiger partial charge >= 0.3 is 0 Å². The standard InChI is InChI=1S/C9H19N2OSi.Y/c1-4-8-9(12)11(6-5-10-8)7-13(2)3;/h8,10H,4-7H2,1-3H3;. The maximum absolute atomic E-state index is 11.8. The van der Waals surface area contributed by atoms with E-state index in [9.17, 15) is 4.79 Å². The van der Waals surface area contributed by atoms with Gasteiger partial charge in [-0.15, -0.1) is 0 Å². The molecule has 1 heterocycles. The van der Waals surface area contributed by atoms with Crippen molar-refractivity contribution < 1.29 is 37.5 Å². The maximum Gasteiger partial charge on any atom is 0.239 e. The summed E-state index contributed by atoms with van der Waals surface area (Å²) in [7, 11) is -0.320. The summed E-state index contributed by atoms with van der Waals surface area (Å²) in [5.41, 5.74) is 0. The van der Waals surface area contributed by atoms with Crippen molar-refractivity contribution in [1.29, 1.82) is 0 Å². The van der Waals surface area contributed by atoms with Crippen LogP contribution >= 0.6 is 0 Å². The average Bonchev–Trinajstić information content (AvgIpc) is 2.08. The zero-order valence-electron chi connectivity index (χ0n) is 9.34. The van der Waals surface area contributed by atoms with E-state index in [1.807, 2.05) is 4.90 Å². The predicted molar refractivity (Wildman–Crippen MR) is 56.1 cm³/mol. The summed E-state index contributed by atoms with van der Waals surface area (Å²) in [6.07, 6.45) is 1.91. The Morgan fingerprint density at radius 3 is 2.71 bits per heavy atom. The van der Waals surface area contributed by atoms with Crippen molar-refractivity contribution in [2.24, 2.45) is 0 Å². The van der Waals surface area contributed by atoms with Gasteiger partial charge in [0.1, 0.15) is 0 Å². The van der Waals surface area contributed by atoms with E-state index in [-0.39, 0.29) is 47.5 Å². The number of carbonyl (C=O) groups excluding carboxylic acids is 1. The fourth-order valence-corrected chi connectivity index (χ4v) is 2.73. The Labute approximate surface area is 113 Å². The minimum Gasteiger partial charge on any atom is -0.343 e. The number of rotatable bonds is 3. The molecule has 1 amide bonds. The molecule has 1 saturated heterocycles. The van der Waals surface area contributed by atoms with Crippen LogP contribution in [0, 0.1) is 0 Å². The van der Waals surface area contributed by atoms with E-state index in [1.54, 1.807) is 0 Å². The van der Waals surface area contributed by atoms with Crippen molar-refractivity contribution in [3.63, 3.8) is 0 Å². The zero-order chi connectivity index (χ0) is 9.84. The van der Waals surface area contributed by atoms with E-state index < -0.39 is 0 Å². The quantitative estimate of drug-likeness (QED) is 0.767.